The van der Waals surface area contributed by atoms with E-state index in [0.717, 1.165) is 22.7 Å². The van der Waals surface area contributed by atoms with Crippen LogP contribution >= 0.6 is 0 Å². The molecule has 0 aliphatic rings. The Bertz CT molecular complexity index is 2930. The SMILES string of the molecule is c1ccc(-c2ccc(-c3ccc(N(c4ccccc4)c4ccccc4-c4cccc5c4c4ccccc4n5-c4ccccc4-c4ccccc4)cc3)cc2)cc1. The normalized spacial score (nSPS) is 11.2. The molecule has 0 bridgehead atoms. The number of para-hydroxylation sites is 4. The molecular weight excluding hydrogens is 677 g/mol. The van der Waals surface area contributed by atoms with E-state index >= 15 is 0 Å². The van der Waals surface area contributed by atoms with Gasteiger partial charge in [0.25, 0.3) is 0 Å². The molecule has 0 saturated heterocycles. The smallest absolute Gasteiger partial charge is 0.0547 e. The second-order valence-corrected chi connectivity index (χ2v) is 14.1. The lowest BCUT2D eigenvalue weighted by Crippen LogP contribution is -2.11. The Morgan fingerprint density at radius 3 is 1.45 bits per heavy atom. The van der Waals surface area contributed by atoms with Gasteiger partial charge in [0.1, 0.15) is 0 Å². The fourth-order valence-corrected chi connectivity index (χ4v) is 8.22. The molecule has 2 heteroatoms. The molecule has 2 nitrogen and oxygen atoms in total. The van der Waals surface area contributed by atoms with Crippen molar-refractivity contribution >= 4 is 38.9 Å². The van der Waals surface area contributed by atoms with Crippen LogP contribution in [0, 0.1) is 0 Å². The summed E-state index contributed by atoms with van der Waals surface area (Å²) >= 11 is 0. The highest BCUT2D eigenvalue weighted by molar-refractivity contribution is 6.17. The van der Waals surface area contributed by atoms with Crippen LogP contribution in [0.4, 0.5) is 17.1 Å². The minimum absolute atomic E-state index is 1.10. The molecule has 1 aromatic heterocycles. The second kappa shape index (κ2) is 14.4. The minimum Gasteiger partial charge on any atom is -0.310 e. The van der Waals surface area contributed by atoms with Gasteiger partial charge in [-0.3, -0.25) is 0 Å². The number of fused-ring (bicyclic) bond motifs is 3. The van der Waals surface area contributed by atoms with E-state index in [-0.39, 0.29) is 0 Å². The number of rotatable bonds is 8. The van der Waals surface area contributed by atoms with Gasteiger partial charge >= 0.3 is 0 Å². The number of benzene rings is 9. The first kappa shape index (κ1) is 33.2. The molecule has 10 rings (SSSR count). The summed E-state index contributed by atoms with van der Waals surface area (Å²) < 4.78 is 2.44. The first-order valence-electron chi connectivity index (χ1n) is 19.2. The maximum atomic E-state index is 2.44. The topological polar surface area (TPSA) is 8.17 Å². The Morgan fingerprint density at radius 1 is 0.286 bits per heavy atom. The van der Waals surface area contributed by atoms with E-state index in [1.54, 1.807) is 0 Å². The third-order valence-electron chi connectivity index (χ3n) is 10.8. The van der Waals surface area contributed by atoms with Crippen LogP contribution in [-0.2, 0) is 0 Å². The molecule has 56 heavy (non-hydrogen) atoms. The van der Waals surface area contributed by atoms with Gasteiger partial charge in [-0.05, 0) is 81.9 Å². The van der Waals surface area contributed by atoms with Crippen LogP contribution in [0.25, 0.3) is 72.0 Å². The summed E-state index contributed by atoms with van der Waals surface area (Å²) in [5.41, 5.74) is 16.4. The third-order valence-corrected chi connectivity index (χ3v) is 10.8. The summed E-state index contributed by atoms with van der Waals surface area (Å²) in [4.78, 5) is 2.39. The molecule has 0 radical (unpaired) electrons. The highest BCUT2D eigenvalue weighted by Gasteiger charge is 2.22. The van der Waals surface area contributed by atoms with Gasteiger partial charge in [0.2, 0.25) is 0 Å². The van der Waals surface area contributed by atoms with Gasteiger partial charge in [0.15, 0.2) is 0 Å². The molecule has 0 unspecified atom stereocenters. The number of anilines is 3. The Morgan fingerprint density at radius 2 is 0.750 bits per heavy atom. The van der Waals surface area contributed by atoms with Crippen molar-refractivity contribution in [3.8, 4) is 50.2 Å². The fraction of sp³-hybridized carbons (Fsp3) is 0. The monoisotopic (exact) mass is 714 g/mol. The second-order valence-electron chi connectivity index (χ2n) is 14.1. The predicted molar refractivity (Wildman–Crippen MR) is 237 cm³/mol. The average molecular weight is 715 g/mol. The van der Waals surface area contributed by atoms with Crippen molar-refractivity contribution < 1.29 is 0 Å². The van der Waals surface area contributed by atoms with E-state index < -0.39 is 0 Å². The van der Waals surface area contributed by atoms with Crippen LogP contribution in [0.2, 0.25) is 0 Å². The van der Waals surface area contributed by atoms with Crippen LogP contribution in [0.3, 0.4) is 0 Å². The van der Waals surface area contributed by atoms with Crippen molar-refractivity contribution in [2.75, 3.05) is 4.90 Å². The number of hydrogen-bond acceptors (Lipinski definition) is 1. The van der Waals surface area contributed by atoms with E-state index in [1.165, 1.54) is 66.3 Å². The van der Waals surface area contributed by atoms with Crippen molar-refractivity contribution in [1.82, 2.24) is 4.57 Å². The molecule has 0 aliphatic carbocycles. The van der Waals surface area contributed by atoms with Gasteiger partial charge in [0, 0.05) is 33.3 Å². The summed E-state index contributed by atoms with van der Waals surface area (Å²) in [7, 11) is 0. The summed E-state index contributed by atoms with van der Waals surface area (Å²) in [5.74, 6) is 0. The highest BCUT2D eigenvalue weighted by Crippen LogP contribution is 2.46. The number of aromatic nitrogens is 1. The molecule has 0 fully saturated rings. The van der Waals surface area contributed by atoms with Gasteiger partial charge < -0.3 is 9.47 Å². The van der Waals surface area contributed by atoms with Crippen molar-refractivity contribution in [3.63, 3.8) is 0 Å². The first-order chi connectivity index (χ1) is 27.8. The van der Waals surface area contributed by atoms with E-state index in [1.807, 2.05) is 0 Å². The van der Waals surface area contributed by atoms with Crippen LogP contribution < -0.4 is 4.90 Å². The maximum Gasteiger partial charge on any atom is 0.0547 e. The Kier molecular flexibility index (Phi) is 8.55. The van der Waals surface area contributed by atoms with Gasteiger partial charge in [-0.1, -0.05) is 182 Å². The van der Waals surface area contributed by atoms with Crippen LogP contribution in [0.15, 0.2) is 231 Å². The van der Waals surface area contributed by atoms with E-state index in [9.17, 15) is 0 Å². The molecule has 0 amide bonds. The van der Waals surface area contributed by atoms with Gasteiger partial charge in [-0.25, -0.2) is 0 Å². The quantitative estimate of drug-likeness (QED) is 0.152. The van der Waals surface area contributed by atoms with E-state index in [4.69, 9.17) is 0 Å². The number of hydrogen-bond donors (Lipinski definition) is 0. The molecule has 0 aliphatic heterocycles. The van der Waals surface area contributed by atoms with Crippen LogP contribution in [0.1, 0.15) is 0 Å². The maximum absolute atomic E-state index is 2.44. The van der Waals surface area contributed by atoms with Crippen molar-refractivity contribution in [2.24, 2.45) is 0 Å². The van der Waals surface area contributed by atoms with E-state index in [2.05, 4.69) is 240 Å². The molecule has 0 spiro atoms. The predicted octanol–water partition coefficient (Wildman–Crippen LogP) is 14.9. The average Bonchev–Trinajstić information content (AvgIpc) is 3.62. The lowest BCUT2D eigenvalue weighted by atomic mass is 9.96. The lowest BCUT2D eigenvalue weighted by molar-refractivity contribution is 1.18. The zero-order valence-electron chi connectivity index (χ0n) is 30.8. The molecule has 0 saturated carbocycles. The number of nitrogens with zero attached hydrogens (tertiary/aromatic N) is 2. The standard InChI is InChI=1S/C54H38N2/c1-4-17-39(18-5-1)40-31-33-41(34-32-40)42-35-37-45(38-36-42)55(44-21-8-3-9-22-44)51-28-14-11-24-47(51)48-26-16-30-53-54(48)49-25-12-15-29-52(49)56(53)50-27-13-10-23-46(50)43-19-6-2-7-20-43/h1-38H. The van der Waals surface area contributed by atoms with Crippen molar-refractivity contribution in [2.45, 2.75) is 0 Å². The Hall–Kier alpha value is -7.42. The van der Waals surface area contributed by atoms with Gasteiger partial charge in [0.05, 0.1) is 22.4 Å². The lowest BCUT2D eigenvalue weighted by Gasteiger charge is -2.28. The fourth-order valence-electron chi connectivity index (χ4n) is 8.22. The van der Waals surface area contributed by atoms with Crippen molar-refractivity contribution in [3.05, 3.63) is 231 Å². The summed E-state index contributed by atoms with van der Waals surface area (Å²) in [6, 6.07) is 82.9. The molecule has 264 valence electrons. The highest BCUT2D eigenvalue weighted by atomic mass is 15.1. The molecular formula is C54H38N2. The van der Waals surface area contributed by atoms with Gasteiger partial charge in [-0.15, -0.1) is 0 Å². The first-order valence-corrected chi connectivity index (χ1v) is 19.2. The Labute approximate surface area is 327 Å². The molecule has 0 N–H and O–H groups in total. The largest absolute Gasteiger partial charge is 0.310 e. The van der Waals surface area contributed by atoms with Crippen molar-refractivity contribution in [1.29, 1.82) is 0 Å². The van der Waals surface area contributed by atoms with Crippen LogP contribution in [-0.4, -0.2) is 4.57 Å². The molecule has 10 aromatic rings. The van der Waals surface area contributed by atoms with Crippen LogP contribution in [0.5, 0.6) is 0 Å². The van der Waals surface area contributed by atoms with E-state index in [0.29, 0.717) is 0 Å². The summed E-state index contributed by atoms with van der Waals surface area (Å²) in [6.07, 6.45) is 0. The summed E-state index contributed by atoms with van der Waals surface area (Å²) in [6.45, 7) is 0. The Balaban J connectivity index is 1.12. The molecule has 0 atom stereocenters. The zero-order valence-corrected chi connectivity index (χ0v) is 30.8. The minimum atomic E-state index is 1.10. The molecule has 1 heterocycles. The zero-order chi connectivity index (χ0) is 37.3. The summed E-state index contributed by atoms with van der Waals surface area (Å²) in [5, 5.41) is 2.46. The van der Waals surface area contributed by atoms with Gasteiger partial charge in [-0.2, -0.15) is 0 Å². The molecule has 9 aromatic carbocycles. The third kappa shape index (κ3) is 5.95.